The summed E-state index contributed by atoms with van der Waals surface area (Å²) in [5.74, 6) is -0.363. The summed E-state index contributed by atoms with van der Waals surface area (Å²) < 4.78 is 85.5. The quantitative estimate of drug-likeness (QED) is 0.277. The molecular formula is C23H22F6N3OS. The van der Waals surface area contributed by atoms with Crippen molar-refractivity contribution in [2.24, 2.45) is 5.73 Å². The smallest absolute Gasteiger partial charge is 0.419 e. The van der Waals surface area contributed by atoms with E-state index in [0.717, 1.165) is 23.5 Å². The molecule has 3 aromatic rings. The van der Waals surface area contributed by atoms with E-state index in [0.29, 0.717) is 11.4 Å². The van der Waals surface area contributed by atoms with Crippen LogP contribution in [-0.4, -0.2) is 16.8 Å². The van der Waals surface area contributed by atoms with Crippen LogP contribution >= 0.6 is 11.3 Å². The lowest BCUT2D eigenvalue weighted by Crippen LogP contribution is -2.28. The maximum atomic E-state index is 13.6. The van der Waals surface area contributed by atoms with Crippen molar-refractivity contribution in [3.05, 3.63) is 71.1 Å². The van der Waals surface area contributed by atoms with Crippen molar-refractivity contribution in [3.63, 3.8) is 0 Å². The molecule has 0 aliphatic heterocycles. The number of alkyl halides is 6. The molecule has 0 saturated carbocycles. The zero-order chi connectivity index (χ0) is 25.1. The van der Waals surface area contributed by atoms with E-state index in [9.17, 15) is 26.3 Å². The van der Waals surface area contributed by atoms with Crippen molar-refractivity contribution in [1.29, 1.82) is 0 Å². The molecule has 34 heavy (non-hydrogen) atoms. The van der Waals surface area contributed by atoms with Gasteiger partial charge >= 0.3 is 12.4 Å². The van der Waals surface area contributed by atoms with Crippen molar-refractivity contribution in [2.45, 2.75) is 44.1 Å². The number of aryl methyl sites for hydroxylation is 1. The van der Waals surface area contributed by atoms with E-state index in [2.05, 4.69) is 17.1 Å². The average Bonchev–Trinajstić information content (AvgIpc) is 3.23. The molecular weight excluding hydrogens is 480 g/mol. The van der Waals surface area contributed by atoms with Crippen molar-refractivity contribution in [1.82, 2.24) is 10.2 Å². The van der Waals surface area contributed by atoms with Crippen LogP contribution in [0, 0.1) is 6.92 Å². The van der Waals surface area contributed by atoms with Crippen LogP contribution in [0.4, 0.5) is 26.3 Å². The summed E-state index contributed by atoms with van der Waals surface area (Å²) in [7, 11) is 0. The van der Waals surface area contributed by atoms with Gasteiger partial charge in [-0.3, -0.25) is 0 Å². The third-order valence-electron chi connectivity index (χ3n) is 4.87. The molecule has 0 amide bonds. The monoisotopic (exact) mass is 502 g/mol. The normalized spacial score (nSPS) is 12.7. The largest absolute Gasteiger partial charge is 0.493 e. The SMILES string of the molecule is [CH2][C@@](C)(N)c1nnc(-c2ccc(OCCCCc3ccccc3C(F)(F)F)c(C(F)(F)F)c2)s1. The Bertz CT molecular complexity index is 1120. The van der Waals surface area contributed by atoms with Crippen molar-refractivity contribution in [3.8, 4) is 16.3 Å². The Labute approximate surface area is 196 Å². The Kier molecular flexibility index (Phi) is 7.56. The van der Waals surface area contributed by atoms with Crippen LogP contribution in [0.3, 0.4) is 0 Å². The average molecular weight is 503 g/mol. The zero-order valence-electron chi connectivity index (χ0n) is 18.1. The predicted octanol–water partition coefficient (Wildman–Crippen LogP) is 6.65. The molecule has 0 spiro atoms. The Morgan fingerprint density at radius 2 is 1.62 bits per heavy atom. The first-order chi connectivity index (χ1) is 15.8. The number of hydrogen-bond donors (Lipinski definition) is 1. The first-order valence-corrected chi connectivity index (χ1v) is 11.1. The Balaban J connectivity index is 1.67. The predicted molar refractivity (Wildman–Crippen MR) is 117 cm³/mol. The molecule has 2 N–H and O–H groups in total. The third kappa shape index (κ3) is 6.47. The summed E-state index contributed by atoms with van der Waals surface area (Å²) in [5.41, 5.74) is 3.50. The highest BCUT2D eigenvalue weighted by molar-refractivity contribution is 7.14. The number of halogens is 6. The van der Waals surface area contributed by atoms with Gasteiger partial charge in [0.05, 0.1) is 23.3 Å². The molecule has 183 valence electrons. The zero-order valence-corrected chi connectivity index (χ0v) is 18.9. The van der Waals surface area contributed by atoms with Gasteiger partial charge in [-0.2, -0.15) is 26.3 Å². The van der Waals surface area contributed by atoms with Crippen LogP contribution in [0.25, 0.3) is 10.6 Å². The van der Waals surface area contributed by atoms with Crippen LogP contribution in [0.1, 0.15) is 41.5 Å². The summed E-state index contributed by atoms with van der Waals surface area (Å²) in [6, 6.07) is 8.80. The highest BCUT2D eigenvalue weighted by Gasteiger charge is 2.35. The van der Waals surface area contributed by atoms with E-state index in [1.54, 1.807) is 6.92 Å². The lowest BCUT2D eigenvalue weighted by molar-refractivity contribution is -0.139. The maximum absolute atomic E-state index is 13.6. The van der Waals surface area contributed by atoms with Crippen LogP contribution < -0.4 is 10.5 Å². The molecule has 0 bridgehead atoms. The van der Waals surface area contributed by atoms with E-state index in [-0.39, 0.29) is 41.3 Å². The van der Waals surface area contributed by atoms with Crippen molar-refractivity contribution < 1.29 is 31.1 Å². The van der Waals surface area contributed by atoms with E-state index >= 15 is 0 Å². The topological polar surface area (TPSA) is 61.0 Å². The summed E-state index contributed by atoms with van der Waals surface area (Å²) in [6.07, 6.45) is -8.40. The molecule has 1 aromatic heterocycles. The highest BCUT2D eigenvalue weighted by atomic mass is 32.1. The molecule has 0 aliphatic rings. The van der Waals surface area contributed by atoms with Gasteiger partial charge in [-0.05, 0) is 62.9 Å². The molecule has 2 aromatic carbocycles. The Hall–Kier alpha value is -2.66. The fourth-order valence-corrected chi connectivity index (χ4v) is 4.02. The van der Waals surface area contributed by atoms with Gasteiger partial charge in [-0.25, -0.2) is 0 Å². The van der Waals surface area contributed by atoms with E-state index < -0.39 is 29.0 Å². The number of benzene rings is 2. The number of unbranched alkanes of at least 4 members (excludes halogenated alkanes) is 1. The molecule has 0 fully saturated rings. The van der Waals surface area contributed by atoms with Gasteiger partial charge in [0.15, 0.2) is 0 Å². The van der Waals surface area contributed by atoms with E-state index in [1.165, 1.54) is 30.3 Å². The van der Waals surface area contributed by atoms with E-state index in [1.807, 2.05) is 0 Å². The minimum atomic E-state index is -4.68. The van der Waals surface area contributed by atoms with Gasteiger partial charge in [0.1, 0.15) is 15.8 Å². The lowest BCUT2D eigenvalue weighted by Gasteiger charge is -2.15. The fraction of sp³-hybridized carbons (Fsp3) is 0.348. The van der Waals surface area contributed by atoms with Crippen molar-refractivity contribution >= 4 is 11.3 Å². The standard InChI is InChI=1S/C23H22F6N3OS/c1-21(2,30)20-32-31-19(34-20)15-10-11-18(17(13-15)23(27,28)29)33-12-6-5-8-14-7-3-4-9-16(14)22(24,25)26/h3-4,7,9-11,13H,1,5-6,8,12,30H2,2H3/t21-/m0/s1. The molecule has 11 heteroatoms. The number of hydrogen-bond acceptors (Lipinski definition) is 5. The molecule has 0 saturated heterocycles. The summed E-state index contributed by atoms with van der Waals surface area (Å²) in [5, 5.41) is 8.44. The van der Waals surface area contributed by atoms with Crippen LogP contribution in [-0.2, 0) is 24.3 Å². The summed E-state index contributed by atoms with van der Waals surface area (Å²) >= 11 is 1.05. The fourth-order valence-electron chi connectivity index (χ4n) is 3.20. The maximum Gasteiger partial charge on any atom is 0.419 e. The van der Waals surface area contributed by atoms with Gasteiger partial charge in [-0.15, -0.1) is 10.2 Å². The molecule has 0 aliphatic carbocycles. The number of rotatable bonds is 8. The van der Waals surface area contributed by atoms with Gasteiger partial charge < -0.3 is 10.5 Å². The Morgan fingerprint density at radius 1 is 0.941 bits per heavy atom. The highest BCUT2D eigenvalue weighted by Crippen LogP contribution is 2.40. The molecule has 1 atom stereocenters. The second kappa shape index (κ2) is 9.91. The summed E-state index contributed by atoms with van der Waals surface area (Å²) in [6.45, 7) is 5.26. The minimum absolute atomic E-state index is 0.0768. The van der Waals surface area contributed by atoms with E-state index in [4.69, 9.17) is 10.5 Å². The van der Waals surface area contributed by atoms with Crippen LogP contribution in [0.5, 0.6) is 5.75 Å². The lowest BCUT2D eigenvalue weighted by atomic mass is 10.0. The van der Waals surface area contributed by atoms with Gasteiger partial charge in [0.25, 0.3) is 0 Å². The summed E-state index contributed by atoms with van der Waals surface area (Å²) in [4.78, 5) is 0. The van der Waals surface area contributed by atoms with Crippen LogP contribution in [0.15, 0.2) is 42.5 Å². The molecule has 3 rings (SSSR count). The first-order valence-electron chi connectivity index (χ1n) is 10.2. The molecule has 1 heterocycles. The number of aromatic nitrogens is 2. The minimum Gasteiger partial charge on any atom is -0.493 e. The number of ether oxygens (including phenoxy) is 1. The van der Waals surface area contributed by atoms with Gasteiger partial charge in [0.2, 0.25) is 0 Å². The Morgan fingerprint density at radius 3 is 2.24 bits per heavy atom. The van der Waals surface area contributed by atoms with Gasteiger partial charge in [0, 0.05) is 5.56 Å². The third-order valence-corrected chi connectivity index (χ3v) is 6.12. The number of nitrogens with zero attached hydrogens (tertiary/aromatic N) is 2. The van der Waals surface area contributed by atoms with Crippen LogP contribution in [0.2, 0.25) is 0 Å². The first kappa shape index (κ1) is 26.0. The second-order valence-electron chi connectivity index (χ2n) is 8.00. The van der Waals surface area contributed by atoms with Crippen molar-refractivity contribution in [2.75, 3.05) is 6.61 Å². The molecule has 0 unspecified atom stereocenters. The molecule has 4 nitrogen and oxygen atoms in total. The second-order valence-corrected chi connectivity index (χ2v) is 8.98. The van der Waals surface area contributed by atoms with Gasteiger partial charge in [-0.1, -0.05) is 29.5 Å². The molecule has 1 radical (unpaired) electrons. The number of nitrogens with two attached hydrogens (primary N) is 1.